The fraction of sp³-hybridized carbons (Fsp3) is 0.538. The Kier molecular flexibility index (Phi) is 2.99. The molecule has 1 unspecified atom stereocenters. The van der Waals surface area contributed by atoms with E-state index in [1.807, 2.05) is 38.1 Å². The SMILES string of the molecule is CC1(C)CC(O)(c2ccccc2Cl)CCO1. The van der Waals surface area contributed by atoms with E-state index in [-0.39, 0.29) is 5.60 Å². The highest BCUT2D eigenvalue weighted by Crippen LogP contribution is 2.41. The fourth-order valence-electron chi connectivity index (χ4n) is 2.41. The monoisotopic (exact) mass is 240 g/mol. The summed E-state index contributed by atoms with van der Waals surface area (Å²) < 4.78 is 5.62. The van der Waals surface area contributed by atoms with E-state index in [4.69, 9.17) is 16.3 Å². The van der Waals surface area contributed by atoms with Gasteiger partial charge in [-0.25, -0.2) is 0 Å². The van der Waals surface area contributed by atoms with Gasteiger partial charge in [0.2, 0.25) is 0 Å². The Hall–Kier alpha value is -0.570. The van der Waals surface area contributed by atoms with Crippen molar-refractivity contribution in [3.05, 3.63) is 34.9 Å². The van der Waals surface area contributed by atoms with Crippen LogP contribution in [0.3, 0.4) is 0 Å². The van der Waals surface area contributed by atoms with Crippen LogP contribution in [-0.4, -0.2) is 17.3 Å². The molecule has 1 aromatic rings. The lowest BCUT2D eigenvalue weighted by atomic mass is 9.79. The third-order valence-electron chi connectivity index (χ3n) is 3.10. The minimum Gasteiger partial charge on any atom is -0.385 e. The van der Waals surface area contributed by atoms with Crippen LogP contribution in [0, 0.1) is 0 Å². The first-order valence-electron chi connectivity index (χ1n) is 5.54. The van der Waals surface area contributed by atoms with Gasteiger partial charge in [0, 0.05) is 23.4 Å². The highest BCUT2D eigenvalue weighted by atomic mass is 35.5. The van der Waals surface area contributed by atoms with E-state index in [0.29, 0.717) is 24.5 Å². The van der Waals surface area contributed by atoms with Crippen LogP contribution in [0.2, 0.25) is 5.02 Å². The summed E-state index contributed by atoms with van der Waals surface area (Å²) in [5, 5.41) is 11.3. The highest BCUT2D eigenvalue weighted by Gasteiger charge is 2.41. The van der Waals surface area contributed by atoms with E-state index < -0.39 is 5.60 Å². The largest absolute Gasteiger partial charge is 0.385 e. The maximum absolute atomic E-state index is 10.7. The molecule has 1 heterocycles. The van der Waals surface area contributed by atoms with Crippen molar-refractivity contribution >= 4 is 11.6 Å². The van der Waals surface area contributed by atoms with Crippen molar-refractivity contribution in [3.63, 3.8) is 0 Å². The van der Waals surface area contributed by atoms with Gasteiger partial charge in [0.05, 0.1) is 17.8 Å². The molecule has 0 aliphatic carbocycles. The molecule has 1 fully saturated rings. The molecule has 0 saturated carbocycles. The second-order valence-electron chi connectivity index (χ2n) is 5.05. The minimum atomic E-state index is -0.861. The van der Waals surface area contributed by atoms with Crippen molar-refractivity contribution in [2.45, 2.75) is 37.9 Å². The molecule has 16 heavy (non-hydrogen) atoms. The molecule has 1 aliphatic heterocycles. The van der Waals surface area contributed by atoms with Gasteiger partial charge in [0.25, 0.3) is 0 Å². The van der Waals surface area contributed by atoms with Crippen LogP contribution in [0.4, 0.5) is 0 Å². The van der Waals surface area contributed by atoms with E-state index in [0.717, 1.165) is 5.56 Å². The van der Waals surface area contributed by atoms with Gasteiger partial charge in [-0.2, -0.15) is 0 Å². The summed E-state index contributed by atoms with van der Waals surface area (Å²) in [5.74, 6) is 0. The number of hydrogen-bond donors (Lipinski definition) is 1. The topological polar surface area (TPSA) is 29.5 Å². The molecule has 3 heteroatoms. The summed E-state index contributed by atoms with van der Waals surface area (Å²) in [6.45, 7) is 4.55. The summed E-state index contributed by atoms with van der Waals surface area (Å²) >= 11 is 6.14. The van der Waals surface area contributed by atoms with Gasteiger partial charge in [0.15, 0.2) is 0 Å². The Balaban J connectivity index is 2.35. The number of rotatable bonds is 1. The molecule has 0 amide bonds. The van der Waals surface area contributed by atoms with Gasteiger partial charge in [-0.05, 0) is 19.9 Å². The van der Waals surface area contributed by atoms with E-state index in [9.17, 15) is 5.11 Å². The van der Waals surface area contributed by atoms with Gasteiger partial charge < -0.3 is 9.84 Å². The summed E-state index contributed by atoms with van der Waals surface area (Å²) in [4.78, 5) is 0. The van der Waals surface area contributed by atoms with Crippen molar-refractivity contribution in [2.24, 2.45) is 0 Å². The lowest BCUT2D eigenvalue weighted by molar-refractivity contribution is -0.148. The molecule has 0 bridgehead atoms. The quantitative estimate of drug-likeness (QED) is 0.817. The van der Waals surface area contributed by atoms with E-state index in [1.165, 1.54) is 0 Å². The van der Waals surface area contributed by atoms with Crippen LogP contribution in [0.1, 0.15) is 32.3 Å². The predicted molar refractivity (Wildman–Crippen MR) is 64.6 cm³/mol. The van der Waals surface area contributed by atoms with Crippen molar-refractivity contribution in [2.75, 3.05) is 6.61 Å². The molecule has 1 N–H and O–H groups in total. The Morgan fingerprint density at radius 3 is 2.62 bits per heavy atom. The molecule has 1 aromatic carbocycles. The second kappa shape index (κ2) is 4.02. The molecule has 0 aromatic heterocycles. The fourth-order valence-corrected chi connectivity index (χ4v) is 2.72. The van der Waals surface area contributed by atoms with Crippen LogP contribution in [0.15, 0.2) is 24.3 Å². The molecule has 1 atom stereocenters. The standard InChI is InChI=1S/C13H17ClO2/c1-12(2)9-13(15,7-8-16-12)10-5-3-4-6-11(10)14/h3-6,15H,7-9H2,1-2H3. The molecule has 2 rings (SSSR count). The number of benzene rings is 1. The van der Waals surface area contributed by atoms with E-state index in [2.05, 4.69) is 0 Å². The molecule has 0 spiro atoms. The van der Waals surface area contributed by atoms with E-state index in [1.54, 1.807) is 0 Å². The van der Waals surface area contributed by atoms with Gasteiger partial charge in [0.1, 0.15) is 0 Å². The van der Waals surface area contributed by atoms with Crippen molar-refractivity contribution in [1.29, 1.82) is 0 Å². The minimum absolute atomic E-state index is 0.299. The molecular weight excluding hydrogens is 224 g/mol. The van der Waals surface area contributed by atoms with Crippen LogP contribution < -0.4 is 0 Å². The van der Waals surface area contributed by atoms with Crippen LogP contribution >= 0.6 is 11.6 Å². The van der Waals surface area contributed by atoms with Crippen molar-refractivity contribution in [1.82, 2.24) is 0 Å². The van der Waals surface area contributed by atoms with Gasteiger partial charge in [-0.15, -0.1) is 0 Å². The Morgan fingerprint density at radius 1 is 1.31 bits per heavy atom. The zero-order chi connectivity index (χ0) is 11.8. The Bertz CT molecular complexity index is 389. The highest BCUT2D eigenvalue weighted by molar-refractivity contribution is 6.31. The summed E-state index contributed by atoms with van der Waals surface area (Å²) in [6.07, 6.45) is 1.17. The molecule has 0 radical (unpaired) electrons. The van der Waals surface area contributed by atoms with Crippen LogP contribution in [-0.2, 0) is 10.3 Å². The third kappa shape index (κ3) is 2.24. The maximum Gasteiger partial charge on any atom is 0.0960 e. The zero-order valence-corrected chi connectivity index (χ0v) is 10.4. The van der Waals surface area contributed by atoms with E-state index >= 15 is 0 Å². The van der Waals surface area contributed by atoms with Crippen molar-refractivity contribution < 1.29 is 9.84 Å². The second-order valence-corrected chi connectivity index (χ2v) is 5.45. The average Bonchev–Trinajstić information content (AvgIpc) is 2.16. The third-order valence-corrected chi connectivity index (χ3v) is 3.43. The Labute approximate surface area is 101 Å². The normalized spacial score (nSPS) is 29.0. The first-order chi connectivity index (χ1) is 7.43. The number of ether oxygens (including phenoxy) is 1. The molecular formula is C13H17ClO2. The lowest BCUT2D eigenvalue weighted by Gasteiger charge is -2.42. The first-order valence-corrected chi connectivity index (χ1v) is 5.92. The Morgan fingerprint density at radius 2 is 2.00 bits per heavy atom. The first kappa shape index (κ1) is 11.9. The number of aliphatic hydroxyl groups is 1. The zero-order valence-electron chi connectivity index (χ0n) is 9.66. The van der Waals surface area contributed by atoms with Crippen LogP contribution in [0.25, 0.3) is 0 Å². The summed E-state index contributed by atoms with van der Waals surface area (Å²) in [6, 6.07) is 7.49. The lowest BCUT2D eigenvalue weighted by Crippen LogP contribution is -2.44. The smallest absolute Gasteiger partial charge is 0.0960 e. The average molecular weight is 241 g/mol. The summed E-state index contributed by atoms with van der Waals surface area (Å²) in [7, 11) is 0. The number of halogens is 1. The predicted octanol–water partition coefficient (Wildman–Crippen LogP) is 3.12. The van der Waals surface area contributed by atoms with Gasteiger partial charge in [-0.1, -0.05) is 29.8 Å². The van der Waals surface area contributed by atoms with Crippen molar-refractivity contribution in [3.8, 4) is 0 Å². The molecule has 88 valence electrons. The summed E-state index contributed by atoms with van der Waals surface area (Å²) in [5.41, 5.74) is -0.347. The maximum atomic E-state index is 10.7. The van der Waals surface area contributed by atoms with Gasteiger partial charge in [-0.3, -0.25) is 0 Å². The van der Waals surface area contributed by atoms with Gasteiger partial charge >= 0.3 is 0 Å². The molecule has 1 saturated heterocycles. The number of hydrogen-bond acceptors (Lipinski definition) is 2. The van der Waals surface area contributed by atoms with Crippen LogP contribution in [0.5, 0.6) is 0 Å². The molecule has 2 nitrogen and oxygen atoms in total. The molecule has 1 aliphatic rings.